The second-order valence-corrected chi connectivity index (χ2v) is 6.17. The lowest BCUT2D eigenvalue weighted by Crippen LogP contribution is -2.36. The summed E-state index contributed by atoms with van der Waals surface area (Å²) in [4.78, 5) is 31.2. The zero-order valence-corrected chi connectivity index (χ0v) is 12.7. The molecule has 1 aromatic heterocycles. The number of aromatic nitrogens is 1. The number of likely N-dealkylation sites (N-methyl/N-ethyl adjacent to an activating group) is 2. The average Bonchev–Trinajstić information content (AvgIpc) is 2.96. The summed E-state index contributed by atoms with van der Waals surface area (Å²) in [5.74, 6) is -1.40. The third kappa shape index (κ3) is 2.99. The lowest BCUT2D eigenvalue weighted by atomic mass is 10.2. The van der Waals surface area contributed by atoms with Crippen molar-refractivity contribution in [2.75, 3.05) is 32.1 Å². The van der Waals surface area contributed by atoms with E-state index in [0.29, 0.717) is 11.2 Å². The zero-order valence-electron chi connectivity index (χ0n) is 11.9. The van der Waals surface area contributed by atoms with Crippen LogP contribution >= 0.6 is 11.3 Å². The quantitative estimate of drug-likeness (QED) is 0.832. The van der Waals surface area contributed by atoms with Gasteiger partial charge in [-0.25, -0.2) is 9.78 Å². The Bertz CT molecular complexity index is 497. The molecule has 0 spiro atoms. The van der Waals surface area contributed by atoms with Gasteiger partial charge in [-0.15, -0.1) is 0 Å². The average molecular weight is 297 g/mol. The van der Waals surface area contributed by atoms with Gasteiger partial charge in [0.1, 0.15) is 4.88 Å². The molecule has 6 nitrogen and oxygen atoms in total. The van der Waals surface area contributed by atoms with E-state index in [0.717, 1.165) is 30.8 Å². The number of thiazole rings is 1. The van der Waals surface area contributed by atoms with Crippen molar-refractivity contribution in [3.63, 3.8) is 0 Å². The number of hydrogen-bond donors (Lipinski definition) is 1. The molecule has 0 aromatic carbocycles. The van der Waals surface area contributed by atoms with Gasteiger partial charge in [-0.05, 0) is 26.4 Å². The van der Waals surface area contributed by atoms with E-state index in [4.69, 9.17) is 5.11 Å². The first kappa shape index (κ1) is 14.9. The van der Waals surface area contributed by atoms with Gasteiger partial charge in [0.25, 0.3) is 0 Å². The van der Waals surface area contributed by atoms with Gasteiger partial charge < -0.3 is 14.9 Å². The Balaban J connectivity index is 2.17. The van der Waals surface area contributed by atoms with E-state index in [-0.39, 0.29) is 16.4 Å². The molecule has 20 heavy (non-hydrogen) atoms. The fourth-order valence-electron chi connectivity index (χ4n) is 2.46. The molecular weight excluding hydrogens is 278 g/mol. The molecular formula is C13H19N3O3S. The fourth-order valence-corrected chi connectivity index (χ4v) is 3.38. The molecule has 1 aliphatic rings. The lowest BCUT2D eigenvalue weighted by molar-refractivity contribution is 0.0687. The Morgan fingerprint density at radius 1 is 1.55 bits per heavy atom. The molecule has 1 unspecified atom stereocenters. The number of carbonyl (C=O) groups excluding carboxylic acids is 1. The molecule has 110 valence electrons. The van der Waals surface area contributed by atoms with Gasteiger partial charge >= 0.3 is 5.97 Å². The fraction of sp³-hybridized carbons (Fsp3) is 0.615. The van der Waals surface area contributed by atoms with Crippen LogP contribution in [-0.2, 0) is 0 Å². The van der Waals surface area contributed by atoms with Crippen molar-refractivity contribution in [2.45, 2.75) is 25.8 Å². The molecule has 0 bridgehead atoms. The Kier molecular flexibility index (Phi) is 4.39. The predicted molar refractivity (Wildman–Crippen MR) is 78.0 cm³/mol. The van der Waals surface area contributed by atoms with Crippen LogP contribution in [0, 0.1) is 0 Å². The minimum Gasteiger partial charge on any atom is -0.476 e. The Hall–Kier alpha value is -1.47. The van der Waals surface area contributed by atoms with E-state index in [9.17, 15) is 9.59 Å². The van der Waals surface area contributed by atoms with Crippen LogP contribution in [0.25, 0.3) is 0 Å². The summed E-state index contributed by atoms with van der Waals surface area (Å²) < 4.78 is 0. The van der Waals surface area contributed by atoms with E-state index in [1.54, 1.807) is 0 Å². The van der Waals surface area contributed by atoms with E-state index in [1.165, 1.54) is 13.3 Å². The van der Waals surface area contributed by atoms with Crippen LogP contribution in [0.2, 0.25) is 0 Å². The van der Waals surface area contributed by atoms with Crippen molar-refractivity contribution in [3.05, 3.63) is 10.6 Å². The number of aromatic carboxylic acids is 1. The number of hydrogen-bond acceptors (Lipinski definition) is 6. The second-order valence-electron chi connectivity index (χ2n) is 5.19. The summed E-state index contributed by atoms with van der Waals surface area (Å²) in [6.45, 7) is 3.25. The monoisotopic (exact) mass is 297 g/mol. The van der Waals surface area contributed by atoms with Gasteiger partial charge in [0.15, 0.2) is 16.6 Å². The van der Waals surface area contributed by atoms with Crippen molar-refractivity contribution in [1.82, 2.24) is 9.88 Å². The number of ketones is 1. The molecule has 2 heterocycles. The maximum Gasteiger partial charge on any atom is 0.356 e. The molecule has 0 saturated carbocycles. The number of rotatable bonds is 5. The molecule has 1 aromatic rings. The maximum absolute atomic E-state index is 11.5. The Labute approximate surface area is 122 Å². The van der Waals surface area contributed by atoms with Gasteiger partial charge in [0.2, 0.25) is 0 Å². The molecule has 0 amide bonds. The molecule has 1 N–H and O–H groups in total. The summed E-state index contributed by atoms with van der Waals surface area (Å²) in [5.41, 5.74) is -0.135. The van der Waals surface area contributed by atoms with Gasteiger partial charge in [-0.1, -0.05) is 11.3 Å². The molecule has 1 atom stereocenters. The normalized spacial score (nSPS) is 19.2. The number of carbonyl (C=O) groups is 2. The van der Waals surface area contributed by atoms with Crippen molar-refractivity contribution in [2.24, 2.45) is 0 Å². The third-order valence-corrected chi connectivity index (χ3v) is 4.89. The largest absolute Gasteiger partial charge is 0.476 e. The molecule has 1 aliphatic heterocycles. The van der Waals surface area contributed by atoms with Crippen LogP contribution < -0.4 is 4.90 Å². The van der Waals surface area contributed by atoms with Crippen LogP contribution in [0.4, 0.5) is 5.13 Å². The summed E-state index contributed by atoms with van der Waals surface area (Å²) in [6, 6.07) is 0.456. The van der Waals surface area contributed by atoms with E-state index in [1.807, 2.05) is 11.9 Å². The molecule has 0 aliphatic carbocycles. The second kappa shape index (κ2) is 5.88. The first-order chi connectivity index (χ1) is 9.40. The zero-order chi connectivity index (χ0) is 14.9. The molecule has 2 rings (SSSR count). The topological polar surface area (TPSA) is 73.7 Å². The number of Topliss-reactive ketones (excluding diaryl/α,β-unsaturated/α-hetero) is 1. The molecule has 1 saturated heterocycles. The lowest BCUT2D eigenvalue weighted by Gasteiger charge is -2.25. The first-order valence-electron chi connectivity index (χ1n) is 6.56. The smallest absolute Gasteiger partial charge is 0.356 e. The minimum atomic E-state index is -1.15. The third-order valence-electron chi connectivity index (χ3n) is 3.62. The summed E-state index contributed by atoms with van der Waals surface area (Å²) in [6.07, 6.45) is 2.32. The highest BCUT2D eigenvalue weighted by atomic mass is 32.1. The minimum absolute atomic E-state index is 0.135. The van der Waals surface area contributed by atoms with Gasteiger partial charge in [-0.2, -0.15) is 0 Å². The number of carboxylic acid groups (broad SMARTS) is 1. The van der Waals surface area contributed by atoms with Gasteiger partial charge in [0.05, 0.1) is 0 Å². The van der Waals surface area contributed by atoms with Gasteiger partial charge in [0, 0.05) is 26.6 Å². The van der Waals surface area contributed by atoms with E-state index in [2.05, 4.69) is 16.9 Å². The number of carboxylic acids is 1. The summed E-state index contributed by atoms with van der Waals surface area (Å²) >= 11 is 1.15. The molecule has 1 fully saturated rings. The summed E-state index contributed by atoms with van der Waals surface area (Å²) in [7, 11) is 3.98. The first-order valence-corrected chi connectivity index (χ1v) is 7.38. The molecule has 0 radical (unpaired) electrons. The highest BCUT2D eigenvalue weighted by molar-refractivity contribution is 7.17. The Morgan fingerprint density at radius 2 is 2.25 bits per heavy atom. The highest BCUT2D eigenvalue weighted by Gasteiger charge is 2.26. The van der Waals surface area contributed by atoms with E-state index < -0.39 is 5.97 Å². The van der Waals surface area contributed by atoms with Crippen molar-refractivity contribution < 1.29 is 14.7 Å². The van der Waals surface area contributed by atoms with Crippen LogP contribution in [0.1, 0.15) is 39.9 Å². The van der Waals surface area contributed by atoms with Gasteiger partial charge in [-0.3, -0.25) is 4.79 Å². The van der Waals surface area contributed by atoms with E-state index >= 15 is 0 Å². The van der Waals surface area contributed by atoms with Crippen LogP contribution in [0.5, 0.6) is 0 Å². The van der Waals surface area contributed by atoms with Crippen molar-refractivity contribution in [3.8, 4) is 0 Å². The predicted octanol–water partition coefficient (Wildman–Crippen LogP) is 1.57. The van der Waals surface area contributed by atoms with Crippen molar-refractivity contribution in [1.29, 1.82) is 0 Å². The summed E-state index contributed by atoms with van der Waals surface area (Å²) in [5, 5.41) is 9.69. The standard InChI is InChI=1S/C13H19N3O3S/c1-8(17)11-10(12(18)19)14-13(20-11)16(3)7-9-5-4-6-15(9)2/h9H,4-7H2,1-3H3,(H,18,19). The number of anilines is 1. The highest BCUT2D eigenvalue weighted by Crippen LogP contribution is 2.27. The SMILES string of the molecule is CC(=O)c1sc(N(C)CC2CCCN2C)nc1C(=O)O. The van der Waals surface area contributed by atoms with Crippen LogP contribution in [0.15, 0.2) is 0 Å². The van der Waals surface area contributed by atoms with Crippen LogP contribution in [0.3, 0.4) is 0 Å². The number of nitrogens with zero attached hydrogens (tertiary/aromatic N) is 3. The Morgan fingerprint density at radius 3 is 2.70 bits per heavy atom. The maximum atomic E-state index is 11.5. The van der Waals surface area contributed by atoms with Crippen LogP contribution in [-0.4, -0.2) is 60.0 Å². The molecule has 7 heteroatoms. The number of likely N-dealkylation sites (tertiary alicyclic amines) is 1. The van der Waals surface area contributed by atoms with Crippen molar-refractivity contribution >= 4 is 28.2 Å².